The molecule has 2 aliphatic rings. The van der Waals surface area contributed by atoms with E-state index in [-0.39, 0.29) is 6.10 Å². The van der Waals surface area contributed by atoms with Crippen LogP contribution in [-0.4, -0.2) is 29.2 Å². The van der Waals surface area contributed by atoms with Crippen LogP contribution in [0.4, 0.5) is 0 Å². The Kier molecular flexibility index (Phi) is 2.97. The summed E-state index contributed by atoms with van der Waals surface area (Å²) in [5, 5.41) is 3.38. The van der Waals surface area contributed by atoms with Crippen LogP contribution in [0.5, 0.6) is 5.88 Å². The van der Waals surface area contributed by atoms with Crippen LogP contribution in [0.25, 0.3) is 0 Å². The molecule has 4 nitrogen and oxygen atoms in total. The molecule has 2 atom stereocenters. The zero-order valence-corrected chi connectivity index (χ0v) is 10.3. The highest BCUT2D eigenvalue weighted by atomic mass is 16.5. The molecule has 2 heterocycles. The minimum absolute atomic E-state index is 0.253. The topological polar surface area (TPSA) is 47.0 Å². The highest BCUT2D eigenvalue weighted by molar-refractivity contribution is 5.33. The molecule has 2 unspecified atom stereocenters. The monoisotopic (exact) mass is 233 g/mol. The van der Waals surface area contributed by atoms with Crippen molar-refractivity contribution in [2.75, 3.05) is 13.1 Å². The average Bonchev–Trinajstić information content (AvgIpc) is 2.81. The summed E-state index contributed by atoms with van der Waals surface area (Å²) in [5.74, 6) is 1.43. The SMILES string of the molecule is CC1CCNCC1Oc1ncnc2c1CCC2. The average molecular weight is 233 g/mol. The molecule has 17 heavy (non-hydrogen) atoms. The van der Waals surface area contributed by atoms with Gasteiger partial charge in [0.2, 0.25) is 5.88 Å². The van der Waals surface area contributed by atoms with E-state index < -0.39 is 0 Å². The Hall–Kier alpha value is -1.16. The van der Waals surface area contributed by atoms with Gasteiger partial charge < -0.3 is 10.1 Å². The third-order valence-electron chi connectivity index (χ3n) is 3.86. The lowest BCUT2D eigenvalue weighted by Gasteiger charge is -2.30. The summed E-state index contributed by atoms with van der Waals surface area (Å²) in [6.45, 7) is 4.29. The van der Waals surface area contributed by atoms with Gasteiger partial charge in [-0.25, -0.2) is 9.97 Å². The second-order valence-corrected chi connectivity index (χ2v) is 5.08. The first-order valence-electron chi connectivity index (χ1n) is 6.54. The number of piperidine rings is 1. The summed E-state index contributed by atoms with van der Waals surface area (Å²) < 4.78 is 6.10. The van der Waals surface area contributed by atoms with Gasteiger partial charge >= 0.3 is 0 Å². The first kappa shape index (κ1) is 11.0. The number of hydrogen-bond acceptors (Lipinski definition) is 4. The van der Waals surface area contributed by atoms with Crippen LogP contribution in [0.15, 0.2) is 6.33 Å². The molecule has 1 aromatic rings. The number of fused-ring (bicyclic) bond motifs is 1. The summed E-state index contributed by atoms with van der Waals surface area (Å²) in [5.41, 5.74) is 2.43. The fraction of sp³-hybridized carbons (Fsp3) is 0.692. The summed E-state index contributed by atoms with van der Waals surface area (Å²) in [6.07, 6.45) is 6.40. The molecule has 1 saturated heterocycles. The Morgan fingerprint density at radius 1 is 1.35 bits per heavy atom. The van der Waals surface area contributed by atoms with E-state index >= 15 is 0 Å². The standard InChI is InChI=1S/C13H19N3O/c1-9-5-6-14-7-12(9)17-13-10-3-2-4-11(10)15-8-16-13/h8-9,12,14H,2-7H2,1H3. The van der Waals surface area contributed by atoms with Gasteiger partial charge in [0.15, 0.2) is 0 Å². The Morgan fingerprint density at radius 2 is 2.29 bits per heavy atom. The zero-order valence-electron chi connectivity index (χ0n) is 10.3. The van der Waals surface area contributed by atoms with Crippen molar-refractivity contribution in [3.63, 3.8) is 0 Å². The van der Waals surface area contributed by atoms with Crippen LogP contribution in [0, 0.1) is 5.92 Å². The van der Waals surface area contributed by atoms with Gasteiger partial charge in [0.1, 0.15) is 12.4 Å². The molecular formula is C13H19N3O. The van der Waals surface area contributed by atoms with Gasteiger partial charge in [0, 0.05) is 12.1 Å². The molecule has 1 aliphatic carbocycles. The minimum atomic E-state index is 0.253. The maximum absolute atomic E-state index is 6.10. The first-order valence-corrected chi connectivity index (χ1v) is 6.54. The van der Waals surface area contributed by atoms with E-state index in [1.165, 1.54) is 24.1 Å². The largest absolute Gasteiger partial charge is 0.472 e. The van der Waals surface area contributed by atoms with Crippen molar-refractivity contribution in [2.24, 2.45) is 5.92 Å². The normalized spacial score (nSPS) is 27.8. The molecule has 0 radical (unpaired) electrons. The molecule has 0 saturated carbocycles. The zero-order chi connectivity index (χ0) is 11.7. The Morgan fingerprint density at radius 3 is 3.18 bits per heavy atom. The van der Waals surface area contributed by atoms with Gasteiger partial charge in [0.25, 0.3) is 0 Å². The number of rotatable bonds is 2. The lowest BCUT2D eigenvalue weighted by atomic mass is 9.97. The molecule has 1 N–H and O–H groups in total. The summed E-state index contributed by atoms with van der Waals surface area (Å²) in [6, 6.07) is 0. The maximum atomic E-state index is 6.10. The molecule has 0 bridgehead atoms. The van der Waals surface area contributed by atoms with Crippen molar-refractivity contribution in [1.82, 2.24) is 15.3 Å². The van der Waals surface area contributed by atoms with Gasteiger partial charge in [-0.2, -0.15) is 0 Å². The predicted octanol–water partition coefficient (Wildman–Crippen LogP) is 1.34. The van der Waals surface area contributed by atoms with Crippen LogP contribution in [0.2, 0.25) is 0 Å². The molecule has 0 aromatic carbocycles. The molecule has 92 valence electrons. The van der Waals surface area contributed by atoms with Crippen molar-refractivity contribution < 1.29 is 4.74 Å². The molecule has 0 amide bonds. The van der Waals surface area contributed by atoms with Crippen LogP contribution >= 0.6 is 0 Å². The lowest BCUT2D eigenvalue weighted by molar-refractivity contribution is 0.108. The third-order valence-corrected chi connectivity index (χ3v) is 3.86. The highest BCUT2D eigenvalue weighted by Crippen LogP contribution is 2.28. The molecule has 1 aromatic heterocycles. The highest BCUT2D eigenvalue weighted by Gasteiger charge is 2.26. The van der Waals surface area contributed by atoms with Gasteiger partial charge in [-0.05, 0) is 38.1 Å². The summed E-state index contributed by atoms with van der Waals surface area (Å²) in [4.78, 5) is 8.64. The first-order chi connectivity index (χ1) is 8.34. The molecule has 3 rings (SSSR count). The van der Waals surface area contributed by atoms with E-state index in [4.69, 9.17) is 4.74 Å². The molecular weight excluding hydrogens is 214 g/mol. The quantitative estimate of drug-likeness (QED) is 0.837. The molecule has 1 fully saturated rings. The van der Waals surface area contributed by atoms with Crippen molar-refractivity contribution in [1.29, 1.82) is 0 Å². The second-order valence-electron chi connectivity index (χ2n) is 5.08. The number of ether oxygens (including phenoxy) is 1. The van der Waals surface area contributed by atoms with E-state index in [2.05, 4.69) is 22.2 Å². The molecule has 0 spiro atoms. The van der Waals surface area contributed by atoms with E-state index in [0.717, 1.165) is 31.8 Å². The predicted molar refractivity (Wildman–Crippen MR) is 65.1 cm³/mol. The van der Waals surface area contributed by atoms with Crippen LogP contribution in [-0.2, 0) is 12.8 Å². The van der Waals surface area contributed by atoms with Crippen LogP contribution in [0.3, 0.4) is 0 Å². The van der Waals surface area contributed by atoms with E-state index in [0.29, 0.717) is 5.92 Å². The van der Waals surface area contributed by atoms with Crippen molar-refractivity contribution in [3.8, 4) is 5.88 Å². The van der Waals surface area contributed by atoms with Gasteiger partial charge in [-0.3, -0.25) is 0 Å². The van der Waals surface area contributed by atoms with Crippen molar-refractivity contribution >= 4 is 0 Å². The Bertz CT molecular complexity index is 408. The van der Waals surface area contributed by atoms with Crippen LogP contribution < -0.4 is 10.1 Å². The maximum Gasteiger partial charge on any atom is 0.220 e. The number of nitrogens with zero attached hydrogens (tertiary/aromatic N) is 2. The second kappa shape index (κ2) is 4.61. The number of aryl methyl sites for hydroxylation is 1. The lowest BCUT2D eigenvalue weighted by Crippen LogP contribution is -2.43. The van der Waals surface area contributed by atoms with Crippen molar-refractivity contribution in [2.45, 2.75) is 38.7 Å². The summed E-state index contributed by atoms with van der Waals surface area (Å²) >= 11 is 0. The van der Waals surface area contributed by atoms with E-state index in [9.17, 15) is 0 Å². The number of aromatic nitrogens is 2. The Labute approximate surface area is 102 Å². The van der Waals surface area contributed by atoms with Crippen LogP contribution in [0.1, 0.15) is 31.0 Å². The van der Waals surface area contributed by atoms with Gasteiger partial charge in [-0.1, -0.05) is 6.92 Å². The fourth-order valence-corrected chi connectivity index (χ4v) is 2.69. The molecule has 4 heteroatoms. The molecule has 1 aliphatic heterocycles. The van der Waals surface area contributed by atoms with E-state index in [1.54, 1.807) is 6.33 Å². The summed E-state index contributed by atoms with van der Waals surface area (Å²) in [7, 11) is 0. The van der Waals surface area contributed by atoms with E-state index in [1.807, 2.05) is 0 Å². The smallest absolute Gasteiger partial charge is 0.220 e. The number of hydrogen-bond donors (Lipinski definition) is 1. The minimum Gasteiger partial charge on any atom is -0.472 e. The third kappa shape index (κ3) is 2.14. The Balaban J connectivity index is 1.78. The van der Waals surface area contributed by atoms with Gasteiger partial charge in [-0.15, -0.1) is 0 Å². The van der Waals surface area contributed by atoms with Crippen molar-refractivity contribution in [3.05, 3.63) is 17.6 Å². The number of nitrogens with one attached hydrogen (secondary N) is 1. The van der Waals surface area contributed by atoms with Gasteiger partial charge in [0.05, 0.1) is 5.69 Å². The fourth-order valence-electron chi connectivity index (χ4n) is 2.69.